The maximum absolute atomic E-state index is 12.1. The van der Waals surface area contributed by atoms with Crippen LogP contribution in [0, 0.1) is 0 Å². The van der Waals surface area contributed by atoms with Crippen molar-refractivity contribution in [3.8, 4) is 11.5 Å². The Morgan fingerprint density at radius 3 is 2.55 bits per heavy atom. The van der Waals surface area contributed by atoms with Crippen molar-refractivity contribution in [1.29, 1.82) is 0 Å². The van der Waals surface area contributed by atoms with E-state index in [0.29, 0.717) is 16.3 Å². The van der Waals surface area contributed by atoms with E-state index in [2.05, 4.69) is 10.1 Å². The van der Waals surface area contributed by atoms with Crippen LogP contribution in [-0.4, -0.2) is 30.2 Å². The number of nitrogens with one attached hydrogen (secondary N) is 1. The number of esters is 1. The minimum Gasteiger partial charge on any atom is -0.508 e. The summed E-state index contributed by atoms with van der Waals surface area (Å²) < 4.78 is 10.1. The number of aromatic hydroxyl groups is 1. The van der Waals surface area contributed by atoms with Crippen molar-refractivity contribution in [2.75, 3.05) is 12.4 Å². The van der Waals surface area contributed by atoms with E-state index < -0.39 is 18.0 Å². The quantitative estimate of drug-likeness (QED) is 0.827. The van der Waals surface area contributed by atoms with Gasteiger partial charge in [0.15, 0.2) is 6.10 Å². The average Bonchev–Trinajstić information content (AvgIpc) is 2.96. The third-order valence-electron chi connectivity index (χ3n) is 2.81. The Balaban J connectivity index is 2.01. The summed E-state index contributed by atoms with van der Waals surface area (Å²) in [5.74, 6) is -0.321. The fourth-order valence-electron chi connectivity index (χ4n) is 1.68. The van der Waals surface area contributed by atoms with Crippen molar-refractivity contribution in [1.82, 2.24) is 0 Å². The molecule has 1 unspecified atom stereocenters. The van der Waals surface area contributed by atoms with E-state index in [4.69, 9.17) is 4.74 Å². The first-order valence-corrected chi connectivity index (χ1v) is 7.31. The summed E-state index contributed by atoms with van der Waals surface area (Å²) in [5.41, 5.74) is 0.392. The Morgan fingerprint density at radius 1 is 1.23 bits per heavy atom. The Morgan fingerprint density at radius 2 is 1.91 bits per heavy atom. The second-order valence-corrected chi connectivity index (χ2v) is 5.31. The lowest BCUT2D eigenvalue weighted by molar-refractivity contribution is -0.122. The van der Waals surface area contributed by atoms with Gasteiger partial charge >= 0.3 is 5.97 Å². The zero-order valence-electron chi connectivity index (χ0n) is 12.0. The number of rotatable bonds is 5. The van der Waals surface area contributed by atoms with Crippen LogP contribution in [0.15, 0.2) is 35.7 Å². The minimum atomic E-state index is -0.769. The number of methoxy groups -OCH3 is 1. The van der Waals surface area contributed by atoms with Gasteiger partial charge in [0.05, 0.1) is 12.8 Å². The number of phenols is 1. The Kier molecular flexibility index (Phi) is 5.00. The average molecular weight is 321 g/mol. The van der Waals surface area contributed by atoms with Gasteiger partial charge in [0.1, 0.15) is 16.4 Å². The lowest BCUT2D eigenvalue weighted by atomic mass is 10.3. The van der Waals surface area contributed by atoms with E-state index in [1.807, 2.05) is 0 Å². The molecule has 2 rings (SSSR count). The molecule has 0 aliphatic heterocycles. The first kappa shape index (κ1) is 15.8. The molecule has 6 nitrogen and oxygen atoms in total. The molecule has 2 aromatic rings. The number of phenolic OH excluding ortho intramolecular Hbond substituents is 1. The third-order valence-corrected chi connectivity index (χ3v) is 3.71. The molecule has 1 amide bonds. The highest BCUT2D eigenvalue weighted by atomic mass is 32.1. The molecule has 0 aliphatic carbocycles. The minimum absolute atomic E-state index is 0.116. The van der Waals surface area contributed by atoms with Crippen molar-refractivity contribution in [2.24, 2.45) is 0 Å². The van der Waals surface area contributed by atoms with Crippen LogP contribution in [-0.2, 0) is 9.53 Å². The predicted octanol–water partition coefficient (Wildman–Crippen LogP) is 2.65. The molecule has 22 heavy (non-hydrogen) atoms. The number of carbonyl (C=O) groups excluding carboxylic acids is 2. The molecule has 0 aliphatic rings. The van der Waals surface area contributed by atoms with Crippen molar-refractivity contribution in [2.45, 2.75) is 13.0 Å². The van der Waals surface area contributed by atoms with Crippen LogP contribution < -0.4 is 10.1 Å². The summed E-state index contributed by atoms with van der Waals surface area (Å²) in [7, 11) is 1.28. The van der Waals surface area contributed by atoms with Crippen LogP contribution in [0.1, 0.15) is 16.6 Å². The molecule has 0 bridgehead atoms. The van der Waals surface area contributed by atoms with Gasteiger partial charge in [-0.15, -0.1) is 11.3 Å². The first-order valence-electron chi connectivity index (χ1n) is 6.43. The molecule has 1 heterocycles. The van der Waals surface area contributed by atoms with Gasteiger partial charge in [0.2, 0.25) is 0 Å². The second-order valence-electron chi connectivity index (χ2n) is 4.40. The molecule has 0 fully saturated rings. The van der Waals surface area contributed by atoms with E-state index in [-0.39, 0.29) is 5.75 Å². The zero-order chi connectivity index (χ0) is 16.1. The van der Waals surface area contributed by atoms with E-state index in [9.17, 15) is 14.7 Å². The van der Waals surface area contributed by atoms with Crippen LogP contribution in [0.5, 0.6) is 11.5 Å². The number of hydrogen-bond acceptors (Lipinski definition) is 6. The van der Waals surface area contributed by atoms with Crippen LogP contribution in [0.25, 0.3) is 0 Å². The maximum Gasteiger partial charge on any atom is 0.350 e. The van der Waals surface area contributed by atoms with Gasteiger partial charge in [-0.05, 0) is 42.6 Å². The van der Waals surface area contributed by atoms with Gasteiger partial charge in [0, 0.05) is 0 Å². The van der Waals surface area contributed by atoms with Gasteiger partial charge in [-0.1, -0.05) is 0 Å². The lowest BCUT2D eigenvalue weighted by Crippen LogP contribution is -2.30. The van der Waals surface area contributed by atoms with Gasteiger partial charge in [-0.25, -0.2) is 4.79 Å². The third kappa shape index (κ3) is 3.76. The van der Waals surface area contributed by atoms with Crippen LogP contribution in [0.3, 0.4) is 0 Å². The second kappa shape index (κ2) is 6.95. The molecule has 2 N–H and O–H groups in total. The molecule has 1 aromatic heterocycles. The number of anilines is 1. The number of benzene rings is 1. The van der Waals surface area contributed by atoms with Crippen molar-refractivity contribution in [3.63, 3.8) is 0 Å². The number of thiophene rings is 1. The summed E-state index contributed by atoms with van der Waals surface area (Å²) in [6.45, 7) is 1.59. The fourth-order valence-corrected chi connectivity index (χ4v) is 2.44. The highest BCUT2D eigenvalue weighted by molar-refractivity contribution is 7.12. The van der Waals surface area contributed by atoms with Gasteiger partial charge < -0.3 is 19.9 Å². The largest absolute Gasteiger partial charge is 0.508 e. The molecular formula is C15H15NO5S. The molecule has 0 saturated carbocycles. The molecule has 0 radical (unpaired) electrons. The molecule has 0 spiro atoms. The smallest absolute Gasteiger partial charge is 0.350 e. The molecule has 1 aromatic carbocycles. The number of hydrogen-bond donors (Lipinski definition) is 2. The van der Waals surface area contributed by atoms with Gasteiger partial charge in [-0.3, -0.25) is 4.79 Å². The summed E-state index contributed by atoms with van der Waals surface area (Å²) in [6, 6.07) is 7.68. The summed E-state index contributed by atoms with van der Waals surface area (Å²) in [6.07, 6.45) is -0.769. The summed E-state index contributed by atoms with van der Waals surface area (Å²) >= 11 is 1.18. The molecule has 116 valence electrons. The van der Waals surface area contributed by atoms with Crippen LogP contribution in [0.2, 0.25) is 0 Å². The van der Waals surface area contributed by atoms with Crippen LogP contribution >= 0.6 is 11.3 Å². The zero-order valence-corrected chi connectivity index (χ0v) is 12.8. The fraction of sp³-hybridized carbons (Fsp3) is 0.200. The van der Waals surface area contributed by atoms with Gasteiger partial charge in [0.25, 0.3) is 5.91 Å². The summed E-state index contributed by atoms with van der Waals surface area (Å²) in [4.78, 5) is 24.0. The Labute approximate surface area is 131 Å². The van der Waals surface area contributed by atoms with Crippen molar-refractivity contribution < 1.29 is 24.2 Å². The van der Waals surface area contributed by atoms with Gasteiger partial charge in [-0.2, -0.15) is 0 Å². The number of amides is 1. The highest BCUT2D eigenvalue weighted by Gasteiger charge is 2.19. The van der Waals surface area contributed by atoms with E-state index in [0.717, 1.165) is 0 Å². The van der Waals surface area contributed by atoms with Crippen molar-refractivity contribution in [3.05, 3.63) is 40.6 Å². The standard InChI is InChI=1S/C15H15NO5S/c1-9(21-11-5-3-10(17)4-6-11)14(18)16-12-7-8-22-13(12)15(19)20-2/h3-9,17H,1-2H3,(H,16,18). The molecule has 0 saturated heterocycles. The molecular weight excluding hydrogens is 306 g/mol. The summed E-state index contributed by atoms with van der Waals surface area (Å²) in [5, 5.41) is 13.5. The number of ether oxygens (including phenoxy) is 2. The monoisotopic (exact) mass is 321 g/mol. The van der Waals surface area contributed by atoms with E-state index in [1.54, 1.807) is 30.5 Å². The molecule has 1 atom stereocenters. The van der Waals surface area contributed by atoms with E-state index in [1.165, 1.54) is 30.6 Å². The lowest BCUT2D eigenvalue weighted by Gasteiger charge is -2.14. The first-order chi connectivity index (χ1) is 10.5. The Hall–Kier alpha value is -2.54. The Bertz CT molecular complexity index is 665. The number of carbonyl (C=O) groups is 2. The maximum atomic E-state index is 12.1. The van der Waals surface area contributed by atoms with E-state index >= 15 is 0 Å². The normalized spacial score (nSPS) is 11.5. The molecule has 7 heteroatoms. The van der Waals surface area contributed by atoms with Crippen LogP contribution in [0.4, 0.5) is 5.69 Å². The topological polar surface area (TPSA) is 84.9 Å². The predicted molar refractivity (Wildman–Crippen MR) is 82.5 cm³/mol. The van der Waals surface area contributed by atoms with Crippen molar-refractivity contribution >= 4 is 28.9 Å². The SMILES string of the molecule is COC(=O)c1sccc1NC(=O)C(C)Oc1ccc(O)cc1. The highest BCUT2D eigenvalue weighted by Crippen LogP contribution is 2.24.